The zero-order valence-electron chi connectivity index (χ0n) is 40.1. The zero-order chi connectivity index (χ0) is 59.7. The summed E-state index contributed by atoms with van der Waals surface area (Å²) in [5, 5.41) is 19.2. The molecular formula is C45H34CrF9N8O13S3. The van der Waals surface area contributed by atoms with Gasteiger partial charge >= 0.3 is 45.8 Å². The first-order chi connectivity index (χ1) is 36.1. The molecule has 79 heavy (non-hydrogen) atoms. The van der Waals surface area contributed by atoms with Gasteiger partial charge in [-0.1, -0.05) is 48.5 Å². The predicted octanol–water partition coefficient (Wildman–Crippen LogP) is 8.49. The van der Waals surface area contributed by atoms with E-state index < -0.39 is 58.8 Å². The molecule has 0 aliphatic rings. The van der Waals surface area contributed by atoms with Gasteiger partial charge < -0.3 is 23.1 Å². The first-order valence-corrected chi connectivity index (χ1v) is 24.3. The van der Waals surface area contributed by atoms with E-state index in [2.05, 4.69) is 87.9 Å². The Bertz CT molecular complexity index is 3350. The zero-order valence-corrected chi connectivity index (χ0v) is 43.8. The van der Waals surface area contributed by atoms with Gasteiger partial charge in [-0.25, -0.2) is 34.8 Å². The monoisotopic (exact) mass is 1210 g/mol. The molecule has 0 atom stereocenters. The van der Waals surface area contributed by atoms with E-state index in [0.29, 0.717) is 22.5 Å². The van der Waals surface area contributed by atoms with E-state index in [9.17, 15) is 49.1 Å². The molecule has 6 aromatic heterocycles. The average Bonchev–Trinajstić information content (AvgIpc) is 3.38. The van der Waals surface area contributed by atoms with Crippen LogP contribution in [0.4, 0.5) is 39.5 Å². The number of pyridine rings is 6. The van der Waals surface area contributed by atoms with Crippen LogP contribution in [0.25, 0.3) is 55.0 Å². The van der Waals surface area contributed by atoms with Crippen LogP contribution >= 0.6 is 0 Å². The molecule has 0 aliphatic heterocycles. The molecule has 21 nitrogen and oxygen atoms in total. The average molecular weight is 1210 g/mol. The first kappa shape index (κ1) is 70.9. The summed E-state index contributed by atoms with van der Waals surface area (Å²) in [6.07, 6.45) is 10.2. The topological polar surface area (TPSA) is 349 Å². The number of aromatic nitrogens is 6. The van der Waals surface area contributed by atoms with E-state index in [-0.39, 0.29) is 17.4 Å². The molecule has 419 valence electrons. The smallest absolute Gasteiger partial charge is 0.741 e. The van der Waals surface area contributed by atoms with Crippen LogP contribution in [-0.4, -0.2) is 111 Å². The first-order valence-electron chi connectivity index (χ1n) is 20.1. The Kier molecular flexibility index (Phi) is 28.7. The Labute approximate surface area is 452 Å². The Morgan fingerprint density at radius 3 is 0.823 bits per heavy atom. The maximum absolute atomic E-state index is 11.5. The van der Waals surface area contributed by atoms with Crippen LogP contribution in [0, 0.1) is 22.7 Å². The van der Waals surface area contributed by atoms with Crippen molar-refractivity contribution in [1.82, 2.24) is 29.9 Å². The number of nitrogens with zero attached hydrogens (tertiary/aromatic N) is 8. The molecule has 1 radical (unpaired) electrons. The molecule has 2 aromatic carbocycles. The third kappa shape index (κ3) is 23.6. The van der Waals surface area contributed by atoms with Gasteiger partial charge in [0.05, 0.1) is 70.9 Å². The molecule has 8 rings (SSSR count). The van der Waals surface area contributed by atoms with Crippen LogP contribution in [0.15, 0.2) is 134 Å². The van der Waals surface area contributed by atoms with Gasteiger partial charge in [0.15, 0.2) is 30.4 Å². The van der Waals surface area contributed by atoms with Crippen LogP contribution in [0.5, 0.6) is 0 Å². The second-order valence-corrected chi connectivity index (χ2v) is 17.5. The number of esters is 2. The van der Waals surface area contributed by atoms with Crippen LogP contribution < -0.4 is 0 Å². The number of carbonyl (C=O) groups excluding carboxylic acids is 2. The minimum atomic E-state index is -6.09. The molecule has 0 spiro atoms. The molecule has 0 saturated heterocycles. The minimum Gasteiger partial charge on any atom is -0.741 e. The normalized spacial score (nSPS) is 10.8. The van der Waals surface area contributed by atoms with Gasteiger partial charge in [-0.15, -0.1) is 0 Å². The number of rotatable bonds is 3. The van der Waals surface area contributed by atoms with Crippen molar-refractivity contribution >= 4 is 85.9 Å². The summed E-state index contributed by atoms with van der Waals surface area (Å²) < 4.78 is 186. The van der Waals surface area contributed by atoms with Gasteiger partial charge in [-0.05, 0) is 48.5 Å². The quantitative estimate of drug-likeness (QED) is 0.0526. The fraction of sp³-hybridized carbons (Fsp3) is 0.156. The number of fused-ring (bicyclic) bond motifs is 6. The van der Waals surface area contributed by atoms with Crippen LogP contribution in [0.1, 0.15) is 34.6 Å². The van der Waals surface area contributed by atoms with Crippen LogP contribution in [0.2, 0.25) is 0 Å². The van der Waals surface area contributed by atoms with Gasteiger partial charge in [-0.2, -0.15) is 50.0 Å². The summed E-state index contributed by atoms with van der Waals surface area (Å²) in [6.45, 7) is 2.86. The van der Waals surface area contributed by atoms with Crippen LogP contribution in [0.3, 0.4) is 0 Å². The van der Waals surface area contributed by atoms with Crippen molar-refractivity contribution in [3.63, 3.8) is 0 Å². The summed E-state index contributed by atoms with van der Waals surface area (Å²) in [5.41, 5.74) is -11.4. The molecule has 8 aromatic rings. The van der Waals surface area contributed by atoms with Crippen molar-refractivity contribution in [1.29, 1.82) is 10.5 Å². The van der Waals surface area contributed by atoms with E-state index in [1.807, 2.05) is 24.3 Å². The molecule has 0 saturated carbocycles. The van der Waals surface area contributed by atoms with Crippen molar-refractivity contribution in [2.24, 2.45) is 0 Å². The fourth-order valence-corrected chi connectivity index (χ4v) is 4.99. The van der Waals surface area contributed by atoms with E-state index in [1.54, 1.807) is 61.2 Å². The molecule has 6 heterocycles. The minimum absolute atomic E-state index is 0. The number of alkyl halides is 9. The van der Waals surface area contributed by atoms with E-state index >= 15 is 0 Å². The summed E-state index contributed by atoms with van der Waals surface area (Å²) in [6, 6.07) is 34.0. The SMILES string of the molecule is CC#N.CC#N.COC(=O)c1ccnc(-c2cc(C(=O)OC)ccn2)c1.O=S(=O)([O-])C(F)(F)F.O=S(=O)([O-])C(F)(F)F.O=S(=O)([O-])C(F)(F)F.[Cr+3].c1cnc2c(c1)ccc1cccnc12.c1cnc2c(c1)ccc1cccnc12. The molecule has 34 heteroatoms. The van der Waals surface area contributed by atoms with Crippen molar-refractivity contribution in [3.05, 3.63) is 145 Å². The van der Waals surface area contributed by atoms with Gasteiger partial charge in [0.1, 0.15) is 0 Å². The predicted molar refractivity (Wildman–Crippen MR) is 254 cm³/mol. The number of carbonyl (C=O) groups is 2. The Hall–Kier alpha value is -8.07. The van der Waals surface area contributed by atoms with Gasteiger partial charge in [0.2, 0.25) is 0 Å². The summed E-state index contributed by atoms with van der Waals surface area (Å²) >= 11 is 0. The van der Waals surface area contributed by atoms with Crippen molar-refractivity contribution in [2.75, 3.05) is 14.2 Å². The van der Waals surface area contributed by atoms with Crippen LogP contribution in [-0.2, 0) is 57.2 Å². The number of halogens is 9. The van der Waals surface area contributed by atoms with Gasteiger partial charge in [-0.3, -0.25) is 29.9 Å². The third-order valence-corrected chi connectivity index (χ3v) is 9.86. The van der Waals surface area contributed by atoms with E-state index in [1.165, 1.54) is 40.5 Å². The number of hydrogen-bond donors (Lipinski definition) is 0. The standard InChI is InChI=1S/C14H12N2O4.2C12H8N2.2C2H3N.3CHF3O3S.Cr/c1-19-13(17)9-3-5-15-11(7-9)12-8-10(4-6-16-12)14(18)20-2;2*1-3-9-5-6-10-4-2-8-14-12(10)11(9)13-7-1;2*1-2-3;3*2-1(3,4)8(5,6)7;/h3-8H,1-2H3;2*1-8H;2*1H3;3*(H,5,6,7);/q;;;;;;;;+3/p-3. The van der Waals surface area contributed by atoms with Crippen molar-refractivity contribution in [3.8, 4) is 23.5 Å². The van der Waals surface area contributed by atoms with E-state index in [0.717, 1.165) is 43.6 Å². The Morgan fingerprint density at radius 1 is 0.443 bits per heavy atom. The summed E-state index contributed by atoms with van der Waals surface area (Å²) in [7, 11) is -15.7. The third-order valence-electron chi connectivity index (χ3n) is 8.16. The maximum Gasteiger partial charge on any atom is 3.00 e. The molecule has 0 bridgehead atoms. The Morgan fingerprint density at radius 2 is 0.646 bits per heavy atom. The maximum atomic E-state index is 11.5. The Balaban J connectivity index is 0.000000933. The second kappa shape index (κ2) is 32.0. The van der Waals surface area contributed by atoms with Gasteiger partial charge in [0, 0.05) is 72.6 Å². The summed E-state index contributed by atoms with van der Waals surface area (Å²) in [5.74, 6) is -0.921. The number of ether oxygens (including phenoxy) is 2. The largest absolute Gasteiger partial charge is 3.00 e. The van der Waals surface area contributed by atoms with Gasteiger partial charge in [0.25, 0.3) is 0 Å². The number of benzene rings is 2. The fourth-order valence-electron chi connectivity index (χ4n) is 4.99. The number of hydrogen-bond acceptors (Lipinski definition) is 21. The molecular weight excluding hydrogens is 1180 g/mol. The summed E-state index contributed by atoms with van der Waals surface area (Å²) in [4.78, 5) is 48.6. The molecule has 0 N–H and O–H groups in total. The van der Waals surface area contributed by atoms with Crippen molar-refractivity contribution in [2.45, 2.75) is 30.4 Å². The second-order valence-electron chi connectivity index (χ2n) is 13.4. The molecule has 0 amide bonds. The molecule has 0 unspecified atom stereocenters. The molecule has 0 aliphatic carbocycles. The number of nitriles is 2. The van der Waals surface area contributed by atoms with E-state index in [4.69, 9.17) is 49.4 Å². The van der Waals surface area contributed by atoms with Crippen molar-refractivity contribution < 1.29 is 115 Å². The molecule has 0 fully saturated rings. The number of methoxy groups -OCH3 is 2.